The summed E-state index contributed by atoms with van der Waals surface area (Å²) in [5, 5.41) is 0. The fourth-order valence-corrected chi connectivity index (χ4v) is 6.29. The molecule has 0 saturated carbocycles. The Balaban J connectivity index is 1.65. The number of carbonyl (C=O) groups excluding carboxylic acids is 2. The molecule has 2 atom stereocenters. The molecule has 2 heterocycles. The number of nitrogens with zero attached hydrogens (tertiary/aromatic N) is 5. The predicted octanol–water partition coefficient (Wildman–Crippen LogP) is 6.50. The van der Waals surface area contributed by atoms with Gasteiger partial charge in [0.05, 0.1) is 6.04 Å². The number of hydrogen-bond donors (Lipinski definition) is 0. The van der Waals surface area contributed by atoms with Gasteiger partial charge in [0.15, 0.2) is 0 Å². The van der Waals surface area contributed by atoms with Crippen molar-refractivity contribution in [1.29, 1.82) is 0 Å². The molecule has 7 heteroatoms. The van der Waals surface area contributed by atoms with E-state index in [0.29, 0.717) is 26.2 Å². The average Bonchev–Trinajstić information content (AvgIpc) is 3.39. The van der Waals surface area contributed by atoms with Gasteiger partial charge in [-0.1, -0.05) is 60.2 Å². The van der Waals surface area contributed by atoms with E-state index in [1.54, 1.807) is 19.0 Å². The molecule has 1 saturated heterocycles. The van der Waals surface area contributed by atoms with Gasteiger partial charge < -0.3 is 14.7 Å². The summed E-state index contributed by atoms with van der Waals surface area (Å²) in [5.74, 6) is 0.729. The topological polar surface area (TPSA) is 59.5 Å². The molecule has 220 valence electrons. The average molecular weight is 566 g/mol. The SMILES string of the molecule is Cc1ccc([C@H]2N=C(c3c(C)c(C)c(C)c(C)c3C)N(C(=O)N3CCN(C(=O)N(C)C)CC3)[C@H]2c2ccccc2)cc1. The van der Waals surface area contributed by atoms with Crippen LogP contribution in [0.5, 0.6) is 0 Å². The lowest BCUT2D eigenvalue weighted by Crippen LogP contribution is -2.56. The molecule has 0 N–H and O–H groups in total. The lowest BCUT2D eigenvalue weighted by atomic mass is 9.88. The van der Waals surface area contributed by atoms with E-state index in [9.17, 15) is 9.59 Å². The van der Waals surface area contributed by atoms with Gasteiger partial charge in [-0.2, -0.15) is 0 Å². The van der Waals surface area contributed by atoms with Crippen molar-refractivity contribution in [3.05, 3.63) is 105 Å². The lowest BCUT2D eigenvalue weighted by Gasteiger charge is -2.39. The minimum absolute atomic E-state index is 0.0241. The smallest absolute Gasteiger partial charge is 0.326 e. The standard InChI is InChI=1S/C35H43N5O2/c1-22-14-16-28(17-15-22)31-32(29-12-10-9-11-13-29)40(35(42)39-20-18-38(19-21-39)34(41)37(7)8)33(36-31)30-26(5)24(3)23(2)25(4)27(30)6/h9-17,31-32H,18-21H2,1-8H3/t31-,32+/m1/s1. The van der Waals surface area contributed by atoms with Crippen molar-refractivity contribution in [3.8, 4) is 0 Å². The van der Waals surface area contributed by atoms with E-state index < -0.39 is 0 Å². The molecular weight excluding hydrogens is 522 g/mol. The molecule has 1 fully saturated rings. The van der Waals surface area contributed by atoms with Crippen molar-refractivity contribution in [2.45, 2.75) is 53.6 Å². The second kappa shape index (κ2) is 11.6. The molecule has 7 nitrogen and oxygen atoms in total. The van der Waals surface area contributed by atoms with Crippen LogP contribution in [0, 0.1) is 41.5 Å². The van der Waals surface area contributed by atoms with Crippen LogP contribution < -0.4 is 0 Å². The molecule has 0 radical (unpaired) electrons. The van der Waals surface area contributed by atoms with Gasteiger partial charge in [0.25, 0.3) is 0 Å². The van der Waals surface area contributed by atoms with E-state index in [0.717, 1.165) is 33.7 Å². The monoisotopic (exact) mass is 565 g/mol. The zero-order valence-electron chi connectivity index (χ0n) is 26.2. The summed E-state index contributed by atoms with van der Waals surface area (Å²) in [7, 11) is 3.53. The van der Waals surface area contributed by atoms with Crippen LogP contribution in [0.25, 0.3) is 0 Å². The number of rotatable bonds is 3. The highest BCUT2D eigenvalue weighted by molar-refractivity contribution is 6.11. The van der Waals surface area contributed by atoms with E-state index in [-0.39, 0.29) is 24.1 Å². The summed E-state index contributed by atoms with van der Waals surface area (Å²) >= 11 is 0. The number of urea groups is 2. The summed E-state index contributed by atoms with van der Waals surface area (Å²) < 4.78 is 0. The van der Waals surface area contributed by atoms with E-state index in [1.165, 1.54) is 22.3 Å². The number of benzene rings is 3. The summed E-state index contributed by atoms with van der Waals surface area (Å²) in [5.41, 5.74) is 10.4. The van der Waals surface area contributed by atoms with E-state index in [1.807, 2.05) is 32.9 Å². The highest BCUT2D eigenvalue weighted by Gasteiger charge is 2.45. The summed E-state index contributed by atoms with van der Waals surface area (Å²) in [6, 6.07) is 18.1. The third-order valence-corrected chi connectivity index (χ3v) is 9.26. The molecule has 4 amide bonds. The van der Waals surface area contributed by atoms with E-state index >= 15 is 0 Å². The molecule has 0 aliphatic carbocycles. The molecule has 3 aromatic rings. The van der Waals surface area contributed by atoms with Crippen molar-refractivity contribution in [3.63, 3.8) is 0 Å². The summed E-state index contributed by atoms with van der Waals surface area (Å²) in [6.07, 6.45) is 0. The maximum Gasteiger partial charge on any atom is 0.326 e. The van der Waals surface area contributed by atoms with Crippen LogP contribution in [0.2, 0.25) is 0 Å². The molecule has 5 rings (SSSR count). The highest BCUT2D eigenvalue weighted by atomic mass is 16.2. The van der Waals surface area contributed by atoms with Gasteiger partial charge in [-0.15, -0.1) is 0 Å². The van der Waals surface area contributed by atoms with Gasteiger partial charge in [-0.3, -0.25) is 9.89 Å². The first-order chi connectivity index (χ1) is 20.0. The fraction of sp³-hybridized carbons (Fsp3) is 0.400. The zero-order valence-corrected chi connectivity index (χ0v) is 26.2. The Kier molecular flexibility index (Phi) is 8.13. The van der Waals surface area contributed by atoms with Crippen molar-refractivity contribution < 1.29 is 9.59 Å². The van der Waals surface area contributed by atoms with Gasteiger partial charge in [0.1, 0.15) is 11.9 Å². The molecule has 0 aromatic heterocycles. The van der Waals surface area contributed by atoms with Crippen LogP contribution in [0.3, 0.4) is 0 Å². The molecule has 3 aromatic carbocycles. The number of aliphatic imine (C=N–C) groups is 1. The normalized spacial score (nSPS) is 18.8. The van der Waals surface area contributed by atoms with Crippen LogP contribution in [0.1, 0.15) is 62.2 Å². The third-order valence-electron chi connectivity index (χ3n) is 9.26. The third kappa shape index (κ3) is 5.17. The molecular formula is C35H43N5O2. The quantitative estimate of drug-likeness (QED) is 0.364. The molecule has 2 aliphatic rings. The minimum atomic E-state index is -0.307. The maximum atomic E-state index is 14.7. The largest absolute Gasteiger partial charge is 0.331 e. The summed E-state index contributed by atoms with van der Waals surface area (Å²) in [6.45, 7) is 14.8. The number of amidine groups is 1. The molecule has 42 heavy (non-hydrogen) atoms. The molecule has 0 unspecified atom stereocenters. The maximum absolute atomic E-state index is 14.7. The van der Waals surface area contributed by atoms with Gasteiger partial charge in [0.2, 0.25) is 0 Å². The molecule has 2 aliphatic heterocycles. The van der Waals surface area contributed by atoms with Crippen molar-refractivity contribution >= 4 is 17.9 Å². The number of carbonyl (C=O) groups is 2. The second-order valence-electron chi connectivity index (χ2n) is 12.0. The van der Waals surface area contributed by atoms with Gasteiger partial charge in [-0.05, 0) is 80.5 Å². The number of piperazine rings is 1. The fourth-order valence-electron chi connectivity index (χ4n) is 6.29. The van der Waals surface area contributed by atoms with Gasteiger partial charge in [-0.25, -0.2) is 9.59 Å². The number of hydrogen-bond acceptors (Lipinski definition) is 3. The number of aryl methyl sites for hydroxylation is 1. The first-order valence-corrected chi connectivity index (χ1v) is 14.8. The Hall–Kier alpha value is -4.13. The van der Waals surface area contributed by atoms with Crippen LogP contribution in [-0.4, -0.2) is 77.8 Å². The van der Waals surface area contributed by atoms with Crippen LogP contribution in [0.15, 0.2) is 59.6 Å². The Morgan fingerprint density at radius 1 is 0.690 bits per heavy atom. The van der Waals surface area contributed by atoms with E-state index in [2.05, 4.69) is 77.9 Å². The van der Waals surface area contributed by atoms with Crippen LogP contribution >= 0.6 is 0 Å². The zero-order chi connectivity index (χ0) is 30.3. The Morgan fingerprint density at radius 2 is 1.21 bits per heavy atom. The van der Waals surface area contributed by atoms with E-state index in [4.69, 9.17) is 4.99 Å². The number of amides is 4. The van der Waals surface area contributed by atoms with Crippen molar-refractivity contribution in [1.82, 2.24) is 19.6 Å². The second-order valence-corrected chi connectivity index (χ2v) is 12.0. The predicted molar refractivity (Wildman–Crippen MR) is 169 cm³/mol. The summed E-state index contributed by atoms with van der Waals surface area (Å²) in [4.78, 5) is 40.0. The Bertz CT molecular complexity index is 1490. The molecule has 0 spiro atoms. The van der Waals surface area contributed by atoms with Crippen LogP contribution in [-0.2, 0) is 0 Å². The lowest BCUT2D eigenvalue weighted by molar-refractivity contribution is 0.116. The Morgan fingerprint density at radius 3 is 1.76 bits per heavy atom. The van der Waals surface area contributed by atoms with Crippen molar-refractivity contribution in [2.24, 2.45) is 4.99 Å². The first-order valence-electron chi connectivity index (χ1n) is 14.8. The van der Waals surface area contributed by atoms with Crippen LogP contribution in [0.4, 0.5) is 9.59 Å². The molecule has 0 bridgehead atoms. The van der Waals surface area contributed by atoms with Gasteiger partial charge in [0, 0.05) is 45.8 Å². The first kappa shape index (κ1) is 29.4. The Labute approximate surface area is 250 Å². The van der Waals surface area contributed by atoms with Gasteiger partial charge >= 0.3 is 12.1 Å². The minimum Gasteiger partial charge on any atom is -0.331 e. The highest BCUT2D eigenvalue weighted by Crippen LogP contribution is 2.45. The van der Waals surface area contributed by atoms with Crippen molar-refractivity contribution in [2.75, 3.05) is 40.3 Å².